The minimum absolute atomic E-state index is 0.0395. The Morgan fingerprint density at radius 3 is 2.88 bits per heavy atom. The van der Waals surface area contributed by atoms with Gasteiger partial charge in [0.1, 0.15) is 0 Å². The van der Waals surface area contributed by atoms with Gasteiger partial charge in [0.25, 0.3) is 0 Å². The van der Waals surface area contributed by atoms with Crippen molar-refractivity contribution in [3.63, 3.8) is 0 Å². The lowest BCUT2D eigenvalue weighted by molar-refractivity contribution is -0.385. The van der Waals surface area contributed by atoms with Crippen LogP contribution in [0.4, 0.5) is 5.69 Å². The van der Waals surface area contributed by atoms with Crippen LogP contribution in [0.15, 0.2) is 12.1 Å². The molecular formula is C9H7NO6. The minimum Gasteiger partial charge on any atom is -0.465 e. The van der Waals surface area contributed by atoms with Crippen molar-refractivity contribution in [1.29, 1.82) is 0 Å². The molecule has 0 saturated carbocycles. The van der Waals surface area contributed by atoms with E-state index in [-0.39, 0.29) is 29.5 Å². The number of nitrogens with zero attached hydrogens (tertiary/aromatic N) is 1. The van der Waals surface area contributed by atoms with Gasteiger partial charge in [0.15, 0.2) is 5.75 Å². The summed E-state index contributed by atoms with van der Waals surface area (Å²) in [7, 11) is 1.19. The Morgan fingerprint density at radius 1 is 1.50 bits per heavy atom. The molecule has 1 aromatic carbocycles. The van der Waals surface area contributed by atoms with Crippen LogP contribution >= 0.6 is 0 Å². The summed E-state index contributed by atoms with van der Waals surface area (Å²) in [6.45, 7) is -0.0964. The van der Waals surface area contributed by atoms with Crippen molar-refractivity contribution in [2.45, 2.75) is 0 Å². The molecule has 84 valence electrons. The third-order valence-electron chi connectivity index (χ3n) is 2.07. The molecular weight excluding hydrogens is 218 g/mol. The number of benzene rings is 1. The summed E-state index contributed by atoms with van der Waals surface area (Å²) in [5, 5.41) is 10.7. The zero-order valence-electron chi connectivity index (χ0n) is 8.26. The molecule has 2 rings (SSSR count). The molecule has 0 atom stereocenters. The topological polar surface area (TPSA) is 87.9 Å². The van der Waals surface area contributed by atoms with Crippen LogP contribution in [0, 0.1) is 10.1 Å². The maximum Gasteiger partial charge on any atom is 0.338 e. The molecule has 7 nitrogen and oxygen atoms in total. The van der Waals surface area contributed by atoms with Crippen LogP contribution in [0.1, 0.15) is 10.4 Å². The monoisotopic (exact) mass is 225 g/mol. The highest BCUT2D eigenvalue weighted by atomic mass is 16.7. The quantitative estimate of drug-likeness (QED) is 0.425. The summed E-state index contributed by atoms with van der Waals surface area (Å²) in [4.78, 5) is 21.3. The van der Waals surface area contributed by atoms with Crippen molar-refractivity contribution in [3.8, 4) is 11.5 Å². The molecule has 7 heteroatoms. The van der Waals surface area contributed by atoms with Gasteiger partial charge in [-0.1, -0.05) is 0 Å². The number of hydrogen-bond donors (Lipinski definition) is 0. The fourth-order valence-electron chi connectivity index (χ4n) is 1.36. The van der Waals surface area contributed by atoms with E-state index >= 15 is 0 Å². The molecule has 0 aromatic heterocycles. The zero-order valence-corrected chi connectivity index (χ0v) is 8.26. The Bertz CT molecular complexity index is 469. The Hall–Kier alpha value is -2.31. The van der Waals surface area contributed by atoms with E-state index in [1.807, 2.05) is 0 Å². The number of fused-ring (bicyclic) bond motifs is 1. The van der Waals surface area contributed by atoms with Gasteiger partial charge in [-0.3, -0.25) is 10.1 Å². The minimum atomic E-state index is -0.665. The lowest BCUT2D eigenvalue weighted by Crippen LogP contribution is -2.02. The predicted molar refractivity (Wildman–Crippen MR) is 50.6 cm³/mol. The van der Waals surface area contributed by atoms with Crippen molar-refractivity contribution in [3.05, 3.63) is 27.8 Å². The molecule has 0 amide bonds. The van der Waals surface area contributed by atoms with E-state index < -0.39 is 10.9 Å². The fourth-order valence-corrected chi connectivity index (χ4v) is 1.36. The molecule has 16 heavy (non-hydrogen) atoms. The third-order valence-corrected chi connectivity index (χ3v) is 2.07. The van der Waals surface area contributed by atoms with Gasteiger partial charge in [-0.25, -0.2) is 4.79 Å². The SMILES string of the molecule is COC(=O)c1cc2c(c([N+](=O)[O-])c1)OCO2. The molecule has 1 aliphatic heterocycles. The van der Waals surface area contributed by atoms with E-state index in [4.69, 9.17) is 9.47 Å². The predicted octanol–water partition coefficient (Wildman–Crippen LogP) is 1.11. The van der Waals surface area contributed by atoms with Crippen LogP contribution in [0.5, 0.6) is 11.5 Å². The molecule has 1 aliphatic rings. The molecule has 0 spiro atoms. The summed E-state index contributed by atoms with van der Waals surface area (Å²) in [6, 6.07) is 2.44. The maximum absolute atomic E-state index is 11.2. The first-order chi connectivity index (χ1) is 7.63. The van der Waals surface area contributed by atoms with Gasteiger partial charge in [0.2, 0.25) is 12.5 Å². The van der Waals surface area contributed by atoms with Crippen LogP contribution in [0.3, 0.4) is 0 Å². The van der Waals surface area contributed by atoms with Gasteiger partial charge < -0.3 is 14.2 Å². The number of carbonyl (C=O) groups is 1. The summed E-state index contributed by atoms with van der Waals surface area (Å²) < 4.78 is 14.4. The van der Waals surface area contributed by atoms with Gasteiger partial charge in [0, 0.05) is 6.07 Å². The zero-order chi connectivity index (χ0) is 11.7. The first-order valence-electron chi connectivity index (χ1n) is 4.30. The Morgan fingerprint density at radius 2 is 2.25 bits per heavy atom. The lowest BCUT2D eigenvalue weighted by Gasteiger charge is -2.02. The fraction of sp³-hybridized carbons (Fsp3) is 0.222. The molecule has 1 heterocycles. The van der Waals surface area contributed by atoms with Crippen LogP contribution in [-0.4, -0.2) is 24.8 Å². The van der Waals surface area contributed by atoms with Gasteiger partial charge in [-0.05, 0) is 6.07 Å². The average molecular weight is 225 g/mol. The molecule has 0 fully saturated rings. The maximum atomic E-state index is 11.2. The normalized spacial score (nSPS) is 12.3. The Kier molecular flexibility index (Phi) is 2.35. The van der Waals surface area contributed by atoms with E-state index in [0.717, 1.165) is 6.07 Å². The third kappa shape index (κ3) is 1.52. The number of nitro benzene ring substituents is 1. The second-order valence-electron chi connectivity index (χ2n) is 2.98. The average Bonchev–Trinajstić information content (AvgIpc) is 2.74. The summed E-state index contributed by atoms with van der Waals surface area (Å²) in [5.74, 6) is -0.450. The summed E-state index contributed by atoms with van der Waals surface area (Å²) >= 11 is 0. The number of nitro groups is 1. The van der Waals surface area contributed by atoms with E-state index in [2.05, 4.69) is 4.74 Å². The number of ether oxygens (including phenoxy) is 3. The molecule has 0 saturated heterocycles. The number of hydrogen-bond acceptors (Lipinski definition) is 6. The second-order valence-corrected chi connectivity index (χ2v) is 2.98. The molecule has 0 unspecified atom stereocenters. The van der Waals surface area contributed by atoms with E-state index in [0.29, 0.717) is 0 Å². The van der Waals surface area contributed by atoms with Crippen molar-refractivity contribution < 1.29 is 23.9 Å². The van der Waals surface area contributed by atoms with Crippen molar-refractivity contribution in [2.75, 3.05) is 13.9 Å². The lowest BCUT2D eigenvalue weighted by atomic mass is 10.1. The summed E-state index contributed by atoms with van der Waals surface area (Å²) in [6.07, 6.45) is 0. The molecule has 0 N–H and O–H groups in total. The molecule has 1 aromatic rings. The number of rotatable bonds is 2. The van der Waals surface area contributed by atoms with E-state index in [1.54, 1.807) is 0 Å². The first kappa shape index (κ1) is 10.2. The van der Waals surface area contributed by atoms with E-state index in [1.165, 1.54) is 13.2 Å². The van der Waals surface area contributed by atoms with Crippen molar-refractivity contribution in [1.82, 2.24) is 0 Å². The van der Waals surface area contributed by atoms with Crippen LogP contribution < -0.4 is 9.47 Å². The van der Waals surface area contributed by atoms with Gasteiger partial charge in [-0.2, -0.15) is 0 Å². The number of methoxy groups -OCH3 is 1. The van der Waals surface area contributed by atoms with Gasteiger partial charge in [0.05, 0.1) is 17.6 Å². The van der Waals surface area contributed by atoms with Crippen LogP contribution in [0.25, 0.3) is 0 Å². The summed E-state index contributed by atoms with van der Waals surface area (Å²) in [5.41, 5.74) is -0.256. The second kappa shape index (κ2) is 3.69. The standard InChI is InChI=1S/C9H7NO6/c1-14-9(11)5-2-6(10(12)13)8-7(3-5)15-4-16-8/h2-3H,4H2,1H3. The van der Waals surface area contributed by atoms with Crippen molar-refractivity contribution >= 4 is 11.7 Å². The van der Waals surface area contributed by atoms with Gasteiger partial charge >= 0.3 is 11.7 Å². The van der Waals surface area contributed by atoms with Gasteiger partial charge in [-0.15, -0.1) is 0 Å². The van der Waals surface area contributed by atoms with E-state index in [9.17, 15) is 14.9 Å². The number of esters is 1. The first-order valence-corrected chi connectivity index (χ1v) is 4.30. The highest BCUT2D eigenvalue weighted by Crippen LogP contribution is 2.41. The van der Waals surface area contributed by atoms with Crippen LogP contribution in [-0.2, 0) is 4.74 Å². The molecule has 0 radical (unpaired) electrons. The Labute approximate surface area is 89.7 Å². The molecule has 0 bridgehead atoms. The largest absolute Gasteiger partial charge is 0.465 e. The number of carbonyl (C=O) groups excluding carboxylic acids is 1. The highest BCUT2D eigenvalue weighted by molar-refractivity contribution is 5.91. The van der Waals surface area contributed by atoms with Crippen LogP contribution in [0.2, 0.25) is 0 Å². The Balaban J connectivity index is 2.56. The highest BCUT2D eigenvalue weighted by Gasteiger charge is 2.28. The van der Waals surface area contributed by atoms with Crippen molar-refractivity contribution in [2.24, 2.45) is 0 Å². The smallest absolute Gasteiger partial charge is 0.338 e. The molecule has 0 aliphatic carbocycles.